The smallest absolute Gasteiger partial charge is 0.0694 e. The molecule has 0 N–H and O–H groups in total. The van der Waals surface area contributed by atoms with Gasteiger partial charge in [0, 0.05) is 24.5 Å². The lowest BCUT2D eigenvalue weighted by Gasteiger charge is -2.16. The lowest BCUT2D eigenvalue weighted by molar-refractivity contribution is 0.818. The molecule has 0 fully saturated rings. The largest absolute Gasteiger partial charge is 0.284 e. The van der Waals surface area contributed by atoms with Gasteiger partial charge in [-0.2, -0.15) is 0 Å². The van der Waals surface area contributed by atoms with Gasteiger partial charge in [0.1, 0.15) is 0 Å². The quantitative estimate of drug-likeness (QED) is 0.632. The van der Waals surface area contributed by atoms with Gasteiger partial charge in [-0.1, -0.05) is 54.6 Å². The normalized spacial score (nSPS) is 15.8. The molecule has 0 saturated carbocycles. The van der Waals surface area contributed by atoms with E-state index in [4.69, 9.17) is 4.99 Å². The van der Waals surface area contributed by atoms with Crippen LogP contribution >= 0.6 is 0 Å². The molecule has 1 aliphatic rings. The van der Waals surface area contributed by atoms with Crippen LogP contribution in [-0.2, 0) is 0 Å². The van der Waals surface area contributed by atoms with E-state index in [1.54, 1.807) is 6.20 Å². The first-order valence-corrected chi connectivity index (χ1v) is 8.71. The third-order valence-electron chi connectivity index (χ3n) is 4.47. The Hall–Kier alpha value is -3.00. The number of hydrogen-bond donors (Lipinski definition) is 0. The van der Waals surface area contributed by atoms with Gasteiger partial charge in [0.25, 0.3) is 0 Å². The summed E-state index contributed by atoms with van der Waals surface area (Å²) in [5, 5.41) is 0. The topological polar surface area (TPSA) is 25.2 Å². The second-order valence-electron chi connectivity index (χ2n) is 6.23. The standard InChI is InChI=1S/C23H20N2/c1-2-6-19(7-3-1)20-12-10-18(11-13-20)16-21-8-5-15-25-23(21)22-9-4-14-24-17-22/h1-4,6-7,9-14,16-17H,5,8,15H2. The van der Waals surface area contributed by atoms with Crippen molar-refractivity contribution in [1.82, 2.24) is 4.98 Å². The average molecular weight is 324 g/mol. The zero-order valence-electron chi connectivity index (χ0n) is 14.1. The molecule has 122 valence electrons. The Kier molecular flexibility index (Phi) is 4.51. The van der Waals surface area contributed by atoms with Crippen LogP contribution in [0.1, 0.15) is 24.0 Å². The first kappa shape index (κ1) is 15.5. The van der Waals surface area contributed by atoms with Crippen molar-refractivity contribution < 1.29 is 0 Å². The van der Waals surface area contributed by atoms with Gasteiger partial charge in [0.05, 0.1) is 5.71 Å². The van der Waals surface area contributed by atoms with Gasteiger partial charge >= 0.3 is 0 Å². The molecule has 1 aromatic heterocycles. The first-order chi connectivity index (χ1) is 12.4. The highest BCUT2D eigenvalue weighted by molar-refractivity contribution is 6.15. The van der Waals surface area contributed by atoms with Gasteiger partial charge in [-0.3, -0.25) is 9.98 Å². The minimum atomic E-state index is 0.897. The van der Waals surface area contributed by atoms with Crippen LogP contribution in [-0.4, -0.2) is 17.2 Å². The highest BCUT2D eigenvalue weighted by atomic mass is 14.8. The number of benzene rings is 2. The van der Waals surface area contributed by atoms with E-state index in [1.807, 2.05) is 18.3 Å². The second kappa shape index (κ2) is 7.27. The van der Waals surface area contributed by atoms with Crippen LogP contribution in [0, 0.1) is 0 Å². The number of aliphatic imine (C=N–C) groups is 1. The lowest BCUT2D eigenvalue weighted by Crippen LogP contribution is -2.11. The van der Waals surface area contributed by atoms with E-state index in [9.17, 15) is 0 Å². The van der Waals surface area contributed by atoms with Crippen molar-refractivity contribution in [2.45, 2.75) is 12.8 Å². The third-order valence-corrected chi connectivity index (χ3v) is 4.47. The van der Waals surface area contributed by atoms with Crippen LogP contribution < -0.4 is 0 Å². The van der Waals surface area contributed by atoms with Crippen molar-refractivity contribution in [3.05, 3.63) is 95.8 Å². The minimum absolute atomic E-state index is 0.897. The predicted molar refractivity (Wildman–Crippen MR) is 105 cm³/mol. The summed E-state index contributed by atoms with van der Waals surface area (Å²) >= 11 is 0. The van der Waals surface area contributed by atoms with E-state index in [0.29, 0.717) is 0 Å². The molecular formula is C23H20N2. The van der Waals surface area contributed by atoms with Gasteiger partial charge in [0.15, 0.2) is 0 Å². The molecule has 4 rings (SSSR count). The van der Waals surface area contributed by atoms with Gasteiger partial charge in [-0.25, -0.2) is 0 Å². The molecule has 2 heterocycles. The van der Waals surface area contributed by atoms with E-state index in [1.165, 1.54) is 22.3 Å². The lowest BCUT2D eigenvalue weighted by atomic mass is 9.94. The Morgan fingerprint density at radius 1 is 0.760 bits per heavy atom. The molecule has 2 nitrogen and oxygen atoms in total. The zero-order chi connectivity index (χ0) is 16.9. The second-order valence-corrected chi connectivity index (χ2v) is 6.23. The zero-order valence-corrected chi connectivity index (χ0v) is 14.1. The molecule has 0 saturated heterocycles. The highest BCUT2D eigenvalue weighted by Gasteiger charge is 2.14. The van der Waals surface area contributed by atoms with Crippen molar-refractivity contribution in [3.8, 4) is 11.1 Å². The fourth-order valence-electron chi connectivity index (χ4n) is 3.20. The van der Waals surface area contributed by atoms with Crippen LogP contribution in [0.5, 0.6) is 0 Å². The van der Waals surface area contributed by atoms with Crippen LogP contribution in [0.25, 0.3) is 17.2 Å². The number of nitrogens with zero attached hydrogens (tertiary/aromatic N) is 2. The molecule has 0 aliphatic carbocycles. The van der Waals surface area contributed by atoms with E-state index in [0.717, 1.165) is 30.7 Å². The van der Waals surface area contributed by atoms with Crippen molar-refractivity contribution in [1.29, 1.82) is 0 Å². The number of aromatic nitrogens is 1. The SMILES string of the molecule is C(=C1CCCN=C1c1cccnc1)c1ccc(-c2ccccc2)cc1. The fraction of sp³-hybridized carbons (Fsp3) is 0.130. The molecule has 1 aliphatic heterocycles. The number of pyridine rings is 1. The van der Waals surface area contributed by atoms with Crippen molar-refractivity contribution in [2.24, 2.45) is 4.99 Å². The monoisotopic (exact) mass is 324 g/mol. The third kappa shape index (κ3) is 3.58. The molecule has 2 heteroatoms. The molecule has 25 heavy (non-hydrogen) atoms. The van der Waals surface area contributed by atoms with Crippen molar-refractivity contribution >= 4 is 11.8 Å². The number of allylic oxidation sites excluding steroid dienone is 1. The fourth-order valence-corrected chi connectivity index (χ4v) is 3.20. The van der Waals surface area contributed by atoms with Crippen molar-refractivity contribution in [2.75, 3.05) is 6.54 Å². The van der Waals surface area contributed by atoms with Gasteiger partial charge in [-0.05, 0) is 53.3 Å². The molecule has 0 bridgehead atoms. The Morgan fingerprint density at radius 3 is 2.28 bits per heavy atom. The Bertz CT molecular complexity index is 892. The summed E-state index contributed by atoms with van der Waals surface area (Å²) in [7, 11) is 0. The Labute approximate surface area is 148 Å². The summed E-state index contributed by atoms with van der Waals surface area (Å²) in [6.45, 7) is 0.897. The van der Waals surface area contributed by atoms with Crippen LogP contribution in [0.4, 0.5) is 0 Å². The molecule has 0 amide bonds. The average Bonchev–Trinajstić information content (AvgIpc) is 2.70. The first-order valence-electron chi connectivity index (χ1n) is 8.71. The summed E-state index contributed by atoms with van der Waals surface area (Å²) < 4.78 is 0. The minimum Gasteiger partial charge on any atom is -0.284 e. The van der Waals surface area contributed by atoms with Gasteiger partial charge in [-0.15, -0.1) is 0 Å². The van der Waals surface area contributed by atoms with E-state index in [2.05, 4.69) is 65.7 Å². The summed E-state index contributed by atoms with van der Waals surface area (Å²) in [4.78, 5) is 8.99. The van der Waals surface area contributed by atoms with Crippen LogP contribution in [0.3, 0.4) is 0 Å². The van der Waals surface area contributed by atoms with E-state index >= 15 is 0 Å². The van der Waals surface area contributed by atoms with Crippen LogP contribution in [0.2, 0.25) is 0 Å². The maximum Gasteiger partial charge on any atom is 0.0694 e. The predicted octanol–water partition coefficient (Wildman–Crippen LogP) is 5.42. The molecule has 0 atom stereocenters. The van der Waals surface area contributed by atoms with E-state index in [-0.39, 0.29) is 0 Å². The molecule has 0 radical (unpaired) electrons. The molecule has 0 unspecified atom stereocenters. The van der Waals surface area contributed by atoms with Crippen molar-refractivity contribution in [3.63, 3.8) is 0 Å². The molecule has 0 spiro atoms. The maximum atomic E-state index is 4.75. The van der Waals surface area contributed by atoms with Gasteiger partial charge < -0.3 is 0 Å². The summed E-state index contributed by atoms with van der Waals surface area (Å²) in [5.41, 5.74) is 7.20. The Morgan fingerprint density at radius 2 is 1.52 bits per heavy atom. The molecular weight excluding hydrogens is 304 g/mol. The summed E-state index contributed by atoms with van der Waals surface area (Å²) in [5.74, 6) is 0. The summed E-state index contributed by atoms with van der Waals surface area (Å²) in [6.07, 6.45) is 8.14. The van der Waals surface area contributed by atoms with Crippen LogP contribution in [0.15, 0.2) is 89.7 Å². The van der Waals surface area contributed by atoms with E-state index < -0.39 is 0 Å². The number of hydrogen-bond acceptors (Lipinski definition) is 2. The number of rotatable bonds is 3. The maximum absolute atomic E-state index is 4.75. The summed E-state index contributed by atoms with van der Waals surface area (Å²) in [6, 6.07) is 23.3. The Balaban J connectivity index is 1.63. The highest BCUT2D eigenvalue weighted by Crippen LogP contribution is 2.24. The molecule has 2 aromatic carbocycles. The molecule has 3 aromatic rings. The van der Waals surface area contributed by atoms with Gasteiger partial charge in [0.2, 0.25) is 0 Å².